The molecule has 0 radical (unpaired) electrons. The SMILES string of the molecule is C#Cc1nccc(NCCO)n1. The van der Waals surface area contributed by atoms with Crippen LogP contribution in [0.5, 0.6) is 0 Å². The van der Waals surface area contributed by atoms with E-state index in [0.29, 0.717) is 18.2 Å². The Morgan fingerprint density at radius 3 is 3.17 bits per heavy atom. The van der Waals surface area contributed by atoms with Crippen molar-refractivity contribution < 1.29 is 5.11 Å². The summed E-state index contributed by atoms with van der Waals surface area (Å²) in [6.45, 7) is 0.524. The first kappa shape index (κ1) is 8.50. The summed E-state index contributed by atoms with van der Waals surface area (Å²) in [5.74, 6) is 3.30. The van der Waals surface area contributed by atoms with Crippen LogP contribution >= 0.6 is 0 Å². The summed E-state index contributed by atoms with van der Waals surface area (Å²) in [4.78, 5) is 7.78. The van der Waals surface area contributed by atoms with Crippen LogP contribution in [-0.4, -0.2) is 28.2 Å². The number of nitrogens with zero attached hydrogens (tertiary/aromatic N) is 2. The average molecular weight is 163 g/mol. The van der Waals surface area contributed by atoms with Crippen LogP contribution in [0.4, 0.5) is 5.82 Å². The number of aromatic nitrogens is 2. The summed E-state index contributed by atoms with van der Waals surface area (Å²) in [5, 5.41) is 11.4. The molecule has 4 heteroatoms. The van der Waals surface area contributed by atoms with E-state index in [1.54, 1.807) is 12.3 Å². The highest BCUT2D eigenvalue weighted by Gasteiger charge is 1.93. The fourth-order valence-electron chi connectivity index (χ4n) is 0.711. The predicted molar refractivity (Wildman–Crippen MR) is 45.5 cm³/mol. The van der Waals surface area contributed by atoms with Crippen molar-refractivity contribution in [2.45, 2.75) is 0 Å². The maximum Gasteiger partial charge on any atom is 0.206 e. The van der Waals surface area contributed by atoms with Crippen LogP contribution in [0.2, 0.25) is 0 Å². The molecule has 1 aromatic rings. The number of nitrogens with one attached hydrogen (secondary N) is 1. The molecule has 0 bridgehead atoms. The molecule has 0 fully saturated rings. The van der Waals surface area contributed by atoms with Gasteiger partial charge in [-0.25, -0.2) is 9.97 Å². The predicted octanol–water partition coefficient (Wildman–Crippen LogP) is -0.138. The second-order valence-electron chi connectivity index (χ2n) is 2.06. The number of aliphatic hydroxyl groups excluding tert-OH is 1. The van der Waals surface area contributed by atoms with Gasteiger partial charge in [-0.1, -0.05) is 0 Å². The van der Waals surface area contributed by atoms with Crippen LogP contribution < -0.4 is 5.32 Å². The van der Waals surface area contributed by atoms with Crippen molar-refractivity contribution in [1.29, 1.82) is 0 Å². The molecule has 0 aliphatic rings. The molecule has 0 saturated heterocycles. The highest BCUT2D eigenvalue weighted by atomic mass is 16.3. The molecule has 0 saturated carbocycles. The van der Waals surface area contributed by atoms with Gasteiger partial charge in [0.25, 0.3) is 0 Å². The molecule has 1 aromatic heterocycles. The molecular formula is C8H9N3O. The summed E-state index contributed by atoms with van der Waals surface area (Å²) in [7, 11) is 0. The Morgan fingerprint density at radius 1 is 1.67 bits per heavy atom. The van der Waals surface area contributed by atoms with Gasteiger partial charge < -0.3 is 10.4 Å². The van der Waals surface area contributed by atoms with Crippen LogP contribution in [0, 0.1) is 12.3 Å². The second kappa shape index (κ2) is 4.31. The molecular weight excluding hydrogens is 154 g/mol. The Morgan fingerprint density at radius 2 is 2.50 bits per heavy atom. The van der Waals surface area contributed by atoms with Gasteiger partial charge in [-0.05, 0) is 12.0 Å². The zero-order chi connectivity index (χ0) is 8.81. The summed E-state index contributed by atoms with van der Waals surface area (Å²) in [5.41, 5.74) is 0. The Hall–Kier alpha value is -1.60. The lowest BCUT2D eigenvalue weighted by molar-refractivity contribution is 0.311. The third kappa shape index (κ3) is 2.22. The van der Waals surface area contributed by atoms with Crippen molar-refractivity contribution in [1.82, 2.24) is 9.97 Å². The third-order valence-electron chi connectivity index (χ3n) is 1.20. The maximum atomic E-state index is 8.51. The molecule has 12 heavy (non-hydrogen) atoms. The van der Waals surface area contributed by atoms with Crippen molar-refractivity contribution in [2.24, 2.45) is 0 Å². The van der Waals surface area contributed by atoms with Gasteiger partial charge in [-0.3, -0.25) is 0 Å². The number of rotatable bonds is 3. The zero-order valence-electron chi connectivity index (χ0n) is 6.49. The van der Waals surface area contributed by atoms with Gasteiger partial charge in [-0.2, -0.15) is 0 Å². The highest BCUT2D eigenvalue weighted by molar-refractivity contribution is 5.35. The lowest BCUT2D eigenvalue weighted by Gasteiger charge is -2.01. The Labute approximate surface area is 70.7 Å². The fourth-order valence-corrected chi connectivity index (χ4v) is 0.711. The maximum absolute atomic E-state index is 8.51. The van der Waals surface area contributed by atoms with E-state index in [1.807, 2.05) is 0 Å². The molecule has 62 valence electrons. The van der Waals surface area contributed by atoms with E-state index in [4.69, 9.17) is 11.5 Å². The Bertz CT molecular complexity index is 293. The van der Waals surface area contributed by atoms with E-state index in [1.165, 1.54) is 0 Å². The fraction of sp³-hybridized carbons (Fsp3) is 0.250. The van der Waals surface area contributed by atoms with Gasteiger partial charge in [0, 0.05) is 12.7 Å². The minimum Gasteiger partial charge on any atom is -0.395 e. The first-order chi connectivity index (χ1) is 5.86. The van der Waals surface area contributed by atoms with Gasteiger partial charge in [0.05, 0.1) is 6.61 Å². The standard InChI is InChI=1S/C8H9N3O/c1-2-7-9-4-3-8(11-7)10-5-6-12/h1,3-4,12H,5-6H2,(H,9,10,11). The first-order valence-electron chi connectivity index (χ1n) is 3.51. The molecule has 1 rings (SSSR count). The summed E-state index contributed by atoms with van der Waals surface area (Å²) in [6.07, 6.45) is 6.67. The molecule has 4 nitrogen and oxygen atoms in total. The summed E-state index contributed by atoms with van der Waals surface area (Å²) in [6, 6.07) is 1.69. The minimum atomic E-state index is 0.0649. The van der Waals surface area contributed by atoms with Gasteiger partial charge in [0.1, 0.15) is 5.82 Å². The smallest absolute Gasteiger partial charge is 0.206 e. The average Bonchev–Trinajstić information content (AvgIpc) is 2.15. The number of hydrogen-bond donors (Lipinski definition) is 2. The largest absolute Gasteiger partial charge is 0.395 e. The van der Waals surface area contributed by atoms with Crippen molar-refractivity contribution >= 4 is 5.82 Å². The van der Waals surface area contributed by atoms with Gasteiger partial charge >= 0.3 is 0 Å². The van der Waals surface area contributed by atoms with Crippen molar-refractivity contribution in [3.05, 3.63) is 18.1 Å². The third-order valence-corrected chi connectivity index (χ3v) is 1.20. The summed E-state index contributed by atoms with van der Waals surface area (Å²) < 4.78 is 0. The number of anilines is 1. The van der Waals surface area contributed by atoms with Gasteiger partial charge in [0.2, 0.25) is 5.82 Å². The lowest BCUT2D eigenvalue weighted by Crippen LogP contribution is -2.07. The molecule has 0 aliphatic carbocycles. The van der Waals surface area contributed by atoms with E-state index in [0.717, 1.165) is 0 Å². The molecule has 0 aliphatic heterocycles. The first-order valence-corrected chi connectivity index (χ1v) is 3.51. The zero-order valence-corrected chi connectivity index (χ0v) is 6.49. The highest BCUT2D eigenvalue weighted by Crippen LogP contribution is 1.99. The van der Waals surface area contributed by atoms with Crippen molar-refractivity contribution in [3.8, 4) is 12.3 Å². The van der Waals surface area contributed by atoms with Crippen LogP contribution in [0.1, 0.15) is 5.82 Å². The monoisotopic (exact) mass is 163 g/mol. The molecule has 0 atom stereocenters. The van der Waals surface area contributed by atoms with Crippen LogP contribution in [0.15, 0.2) is 12.3 Å². The van der Waals surface area contributed by atoms with Crippen molar-refractivity contribution in [3.63, 3.8) is 0 Å². The molecule has 2 N–H and O–H groups in total. The van der Waals surface area contributed by atoms with E-state index in [2.05, 4.69) is 21.2 Å². The number of aliphatic hydroxyl groups is 1. The van der Waals surface area contributed by atoms with E-state index >= 15 is 0 Å². The number of terminal acetylenes is 1. The quantitative estimate of drug-likeness (QED) is 0.609. The van der Waals surface area contributed by atoms with E-state index in [-0.39, 0.29) is 6.61 Å². The normalized spacial score (nSPS) is 9.00. The number of hydrogen-bond acceptors (Lipinski definition) is 4. The molecule has 0 spiro atoms. The van der Waals surface area contributed by atoms with Crippen molar-refractivity contribution in [2.75, 3.05) is 18.5 Å². The van der Waals surface area contributed by atoms with Crippen LogP contribution in [-0.2, 0) is 0 Å². The molecule has 0 unspecified atom stereocenters. The molecule has 1 heterocycles. The lowest BCUT2D eigenvalue weighted by atomic mass is 10.5. The topological polar surface area (TPSA) is 58.0 Å². The second-order valence-corrected chi connectivity index (χ2v) is 2.06. The van der Waals surface area contributed by atoms with Gasteiger partial charge in [-0.15, -0.1) is 6.42 Å². The van der Waals surface area contributed by atoms with E-state index < -0.39 is 0 Å². The molecule has 0 amide bonds. The minimum absolute atomic E-state index is 0.0649. The van der Waals surface area contributed by atoms with E-state index in [9.17, 15) is 0 Å². The van der Waals surface area contributed by atoms with Gasteiger partial charge in [0.15, 0.2) is 0 Å². The summed E-state index contributed by atoms with van der Waals surface area (Å²) >= 11 is 0. The molecule has 0 aromatic carbocycles. The van der Waals surface area contributed by atoms with Crippen LogP contribution in [0.25, 0.3) is 0 Å². The van der Waals surface area contributed by atoms with Crippen LogP contribution in [0.3, 0.4) is 0 Å². The Kier molecular flexibility index (Phi) is 3.05. The Balaban J connectivity index is 2.68.